The third-order valence-electron chi connectivity index (χ3n) is 6.46. The standard InChI is InChI=1S/C32H40N2O5/c1-7-38-21-29(35)27-10-8-9-26(19-27)24-11-13-25(14-12-24)32(36)33-28-15-16-30(37-6)31(20-28)39-18-17-34(22(2)3)23(4)5/h8-16,19-20,22-23H,7,17-18,21H2,1-6H3,(H,33,36). The summed E-state index contributed by atoms with van der Waals surface area (Å²) >= 11 is 0. The quantitative estimate of drug-likeness (QED) is 0.245. The molecule has 39 heavy (non-hydrogen) atoms. The minimum absolute atomic E-state index is 0.0605. The van der Waals surface area contributed by atoms with E-state index in [1.54, 1.807) is 43.5 Å². The highest BCUT2D eigenvalue weighted by atomic mass is 16.5. The normalized spacial score (nSPS) is 11.2. The van der Waals surface area contributed by atoms with E-state index in [9.17, 15) is 9.59 Å². The Balaban J connectivity index is 1.67. The number of carbonyl (C=O) groups is 2. The summed E-state index contributed by atoms with van der Waals surface area (Å²) in [4.78, 5) is 27.6. The Morgan fingerprint density at radius 2 is 1.56 bits per heavy atom. The molecule has 0 atom stereocenters. The number of anilines is 1. The van der Waals surface area contributed by atoms with Gasteiger partial charge in [0.1, 0.15) is 13.2 Å². The Hall–Kier alpha value is -3.68. The number of ketones is 1. The fraction of sp³-hybridized carbons (Fsp3) is 0.375. The van der Waals surface area contributed by atoms with Gasteiger partial charge < -0.3 is 19.5 Å². The van der Waals surface area contributed by atoms with Crippen LogP contribution in [-0.2, 0) is 4.74 Å². The first-order valence-electron chi connectivity index (χ1n) is 13.4. The maximum Gasteiger partial charge on any atom is 0.255 e. The van der Waals surface area contributed by atoms with E-state index in [1.165, 1.54) is 0 Å². The summed E-state index contributed by atoms with van der Waals surface area (Å²) in [5.74, 6) is 0.899. The molecular formula is C32H40N2O5. The van der Waals surface area contributed by atoms with Gasteiger partial charge in [0.25, 0.3) is 5.91 Å². The van der Waals surface area contributed by atoms with Crippen molar-refractivity contribution in [2.75, 3.05) is 38.8 Å². The van der Waals surface area contributed by atoms with Gasteiger partial charge >= 0.3 is 0 Å². The molecule has 0 aliphatic carbocycles. The molecule has 7 heteroatoms. The highest BCUT2D eigenvalue weighted by molar-refractivity contribution is 6.04. The summed E-state index contributed by atoms with van der Waals surface area (Å²) in [6, 6.07) is 20.9. The maximum absolute atomic E-state index is 13.0. The van der Waals surface area contributed by atoms with Crippen LogP contribution in [0.5, 0.6) is 11.5 Å². The molecule has 3 aromatic carbocycles. The molecule has 0 unspecified atom stereocenters. The summed E-state index contributed by atoms with van der Waals surface area (Å²) in [6.07, 6.45) is 0. The van der Waals surface area contributed by atoms with Gasteiger partial charge in [-0.1, -0.05) is 30.3 Å². The van der Waals surface area contributed by atoms with Gasteiger partial charge in [0.15, 0.2) is 17.3 Å². The minimum Gasteiger partial charge on any atom is -0.493 e. The molecule has 1 N–H and O–H groups in total. The zero-order chi connectivity index (χ0) is 28.4. The van der Waals surface area contributed by atoms with E-state index in [2.05, 4.69) is 37.9 Å². The molecular weight excluding hydrogens is 492 g/mol. The lowest BCUT2D eigenvalue weighted by Gasteiger charge is -2.30. The monoisotopic (exact) mass is 532 g/mol. The lowest BCUT2D eigenvalue weighted by atomic mass is 10.00. The summed E-state index contributed by atoms with van der Waals surface area (Å²) in [5, 5.41) is 2.94. The summed E-state index contributed by atoms with van der Waals surface area (Å²) in [7, 11) is 1.60. The zero-order valence-corrected chi connectivity index (χ0v) is 23.8. The smallest absolute Gasteiger partial charge is 0.255 e. The van der Waals surface area contributed by atoms with Crippen LogP contribution in [-0.4, -0.2) is 62.1 Å². The van der Waals surface area contributed by atoms with Crippen LogP contribution in [0.3, 0.4) is 0 Å². The molecule has 3 rings (SSSR count). The van der Waals surface area contributed by atoms with E-state index < -0.39 is 0 Å². The van der Waals surface area contributed by atoms with Crippen LogP contribution in [0.1, 0.15) is 55.3 Å². The van der Waals surface area contributed by atoms with Gasteiger partial charge in [0.2, 0.25) is 0 Å². The van der Waals surface area contributed by atoms with E-state index in [1.807, 2.05) is 37.3 Å². The number of rotatable bonds is 14. The van der Waals surface area contributed by atoms with E-state index in [0.29, 0.717) is 53.6 Å². The number of nitrogens with zero attached hydrogens (tertiary/aromatic N) is 1. The molecule has 1 amide bonds. The number of hydrogen-bond donors (Lipinski definition) is 1. The van der Waals surface area contributed by atoms with Gasteiger partial charge in [-0.15, -0.1) is 0 Å². The molecule has 0 radical (unpaired) electrons. The van der Waals surface area contributed by atoms with Crippen molar-refractivity contribution in [2.45, 2.75) is 46.7 Å². The number of carbonyl (C=O) groups excluding carboxylic acids is 2. The molecule has 3 aromatic rings. The molecule has 0 fully saturated rings. The lowest BCUT2D eigenvalue weighted by Crippen LogP contribution is -2.39. The van der Waals surface area contributed by atoms with Crippen LogP contribution in [0.2, 0.25) is 0 Å². The number of ether oxygens (including phenoxy) is 3. The van der Waals surface area contributed by atoms with Crippen molar-refractivity contribution in [2.24, 2.45) is 0 Å². The Labute approximate surface area is 232 Å². The van der Waals surface area contributed by atoms with Gasteiger partial charge in [-0.05, 0) is 76.1 Å². The average molecular weight is 533 g/mol. The second kappa shape index (κ2) is 14.5. The molecule has 0 aromatic heterocycles. The van der Waals surface area contributed by atoms with Crippen LogP contribution in [0, 0.1) is 0 Å². The Bertz CT molecular complexity index is 1230. The second-order valence-corrected chi connectivity index (χ2v) is 9.81. The summed E-state index contributed by atoms with van der Waals surface area (Å²) in [5.41, 5.74) is 3.54. The molecule has 0 heterocycles. The van der Waals surface area contributed by atoms with Gasteiger partial charge in [-0.25, -0.2) is 0 Å². The number of methoxy groups -OCH3 is 1. The van der Waals surface area contributed by atoms with Gasteiger partial charge in [0.05, 0.1) is 7.11 Å². The predicted molar refractivity (Wildman–Crippen MR) is 156 cm³/mol. The Morgan fingerprint density at radius 1 is 0.846 bits per heavy atom. The van der Waals surface area contributed by atoms with Crippen molar-refractivity contribution in [3.05, 3.63) is 77.9 Å². The highest BCUT2D eigenvalue weighted by Gasteiger charge is 2.15. The third kappa shape index (κ3) is 8.40. The van der Waals surface area contributed by atoms with Crippen LogP contribution >= 0.6 is 0 Å². The van der Waals surface area contributed by atoms with Crippen molar-refractivity contribution in [3.63, 3.8) is 0 Å². The fourth-order valence-electron chi connectivity index (χ4n) is 4.41. The number of nitrogens with one attached hydrogen (secondary N) is 1. The van der Waals surface area contributed by atoms with Crippen molar-refractivity contribution >= 4 is 17.4 Å². The van der Waals surface area contributed by atoms with Crippen LogP contribution in [0.25, 0.3) is 11.1 Å². The first-order chi connectivity index (χ1) is 18.7. The minimum atomic E-state index is -0.232. The zero-order valence-electron chi connectivity index (χ0n) is 23.8. The Morgan fingerprint density at radius 3 is 2.21 bits per heavy atom. The SMILES string of the molecule is CCOCC(=O)c1cccc(-c2ccc(C(=O)Nc3ccc(OC)c(OCCN(C(C)C)C(C)C)c3)cc2)c1. The van der Waals surface area contributed by atoms with Gasteiger partial charge in [0, 0.05) is 48.1 Å². The average Bonchev–Trinajstić information content (AvgIpc) is 2.93. The number of amides is 1. The topological polar surface area (TPSA) is 77.1 Å². The molecule has 208 valence electrons. The second-order valence-electron chi connectivity index (χ2n) is 9.81. The molecule has 0 spiro atoms. The largest absolute Gasteiger partial charge is 0.493 e. The first-order valence-corrected chi connectivity index (χ1v) is 13.4. The van der Waals surface area contributed by atoms with Crippen molar-refractivity contribution in [3.8, 4) is 22.6 Å². The molecule has 0 saturated carbocycles. The molecule has 0 saturated heterocycles. The van der Waals surface area contributed by atoms with Crippen LogP contribution in [0.4, 0.5) is 5.69 Å². The molecule has 7 nitrogen and oxygen atoms in total. The van der Waals surface area contributed by atoms with E-state index in [0.717, 1.165) is 17.7 Å². The summed E-state index contributed by atoms with van der Waals surface area (Å²) < 4.78 is 16.8. The Kier molecular flexibility index (Phi) is 11.1. The van der Waals surface area contributed by atoms with Crippen molar-refractivity contribution in [1.29, 1.82) is 0 Å². The van der Waals surface area contributed by atoms with Crippen LogP contribution in [0.15, 0.2) is 66.7 Å². The van der Waals surface area contributed by atoms with Crippen LogP contribution < -0.4 is 14.8 Å². The fourth-order valence-corrected chi connectivity index (χ4v) is 4.41. The third-order valence-corrected chi connectivity index (χ3v) is 6.46. The molecule has 0 aliphatic rings. The number of hydrogen-bond acceptors (Lipinski definition) is 6. The van der Waals surface area contributed by atoms with Gasteiger partial charge in [-0.2, -0.15) is 0 Å². The lowest BCUT2D eigenvalue weighted by molar-refractivity contribution is 0.0783. The first kappa shape index (κ1) is 29.9. The number of Topliss-reactive ketones (excluding diaryl/α,β-unsaturated/α-hetero) is 1. The number of benzene rings is 3. The summed E-state index contributed by atoms with van der Waals surface area (Å²) in [6.45, 7) is 12.4. The molecule has 0 aliphatic heterocycles. The van der Waals surface area contributed by atoms with E-state index >= 15 is 0 Å². The predicted octanol–water partition coefficient (Wildman–Crippen LogP) is 6.33. The van der Waals surface area contributed by atoms with Crippen molar-refractivity contribution < 1.29 is 23.8 Å². The van der Waals surface area contributed by atoms with E-state index in [-0.39, 0.29) is 18.3 Å². The van der Waals surface area contributed by atoms with Crippen molar-refractivity contribution in [1.82, 2.24) is 4.90 Å². The molecule has 0 bridgehead atoms. The van der Waals surface area contributed by atoms with E-state index in [4.69, 9.17) is 14.2 Å². The highest BCUT2D eigenvalue weighted by Crippen LogP contribution is 2.31. The maximum atomic E-state index is 13.0. The van der Waals surface area contributed by atoms with Gasteiger partial charge in [-0.3, -0.25) is 14.5 Å².